The molecule has 2 aromatic carbocycles. The maximum absolute atomic E-state index is 13.6. The smallest absolute Gasteiger partial charge is 0.244 e. The van der Waals surface area contributed by atoms with Crippen LogP contribution in [0.3, 0.4) is 0 Å². The van der Waals surface area contributed by atoms with Crippen molar-refractivity contribution in [2.24, 2.45) is 0 Å². The second-order valence-corrected chi connectivity index (χ2v) is 10.8. The van der Waals surface area contributed by atoms with Crippen molar-refractivity contribution in [1.29, 1.82) is 0 Å². The fourth-order valence-corrected chi connectivity index (χ4v) is 4.70. The van der Waals surface area contributed by atoms with Gasteiger partial charge in [-0.25, -0.2) is 8.42 Å². The summed E-state index contributed by atoms with van der Waals surface area (Å²) in [6, 6.07) is 16.2. The fraction of sp³-hybridized carbons (Fsp3) is 0.481. The van der Waals surface area contributed by atoms with Gasteiger partial charge in [-0.05, 0) is 55.9 Å². The van der Waals surface area contributed by atoms with Gasteiger partial charge in [-0.15, -0.1) is 0 Å². The number of aryl methyl sites for hydroxylation is 1. The molecular weight excluding hydrogens is 462 g/mol. The van der Waals surface area contributed by atoms with Crippen LogP contribution in [-0.4, -0.2) is 56.6 Å². The van der Waals surface area contributed by atoms with Crippen LogP contribution in [0.1, 0.15) is 51.7 Å². The van der Waals surface area contributed by atoms with Gasteiger partial charge in [0.05, 0.1) is 11.9 Å². The third-order valence-electron chi connectivity index (χ3n) is 6.18. The number of anilines is 1. The Balaban J connectivity index is 2.35. The van der Waals surface area contributed by atoms with Crippen LogP contribution in [-0.2, 0) is 32.5 Å². The highest BCUT2D eigenvalue weighted by Crippen LogP contribution is 2.20. The summed E-state index contributed by atoms with van der Waals surface area (Å²) >= 11 is 0. The zero-order valence-electron chi connectivity index (χ0n) is 21.5. The predicted molar refractivity (Wildman–Crippen MR) is 142 cm³/mol. The zero-order valence-corrected chi connectivity index (χ0v) is 22.3. The Hall–Kier alpha value is -2.87. The van der Waals surface area contributed by atoms with Crippen LogP contribution in [0.15, 0.2) is 54.6 Å². The molecule has 7 nitrogen and oxygen atoms in total. The summed E-state index contributed by atoms with van der Waals surface area (Å²) in [4.78, 5) is 28.2. The Bertz CT molecular complexity index is 1060. The number of hydrogen-bond acceptors (Lipinski definition) is 4. The third kappa shape index (κ3) is 8.38. The lowest BCUT2D eigenvalue weighted by molar-refractivity contribution is -0.139. The number of hydrogen-bond donors (Lipinski definition) is 1. The van der Waals surface area contributed by atoms with Crippen molar-refractivity contribution < 1.29 is 18.0 Å². The summed E-state index contributed by atoms with van der Waals surface area (Å²) < 4.78 is 26.4. The molecule has 2 rings (SSSR count). The lowest BCUT2D eigenvalue weighted by Crippen LogP contribution is -2.54. The molecule has 2 amide bonds. The molecule has 35 heavy (non-hydrogen) atoms. The molecule has 0 spiro atoms. The number of nitrogens with zero attached hydrogens (tertiary/aromatic N) is 2. The monoisotopic (exact) mass is 501 g/mol. The van der Waals surface area contributed by atoms with E-state index in [1.54, 1.807) is 12.1 Å². The summed E-state index contributed by atoms with van der Waals surface area (Å²) in [5, 5.41) is 2.98. The van der Waals surface area contributed by atoms with Crippen molar-refractivity contribution in [3.63, 3.8) is 0 Å². The SMILES string of the molecule is CCc1ccc(N(CC(=O)N(CCc2ccccc2)[C@@H](CC)C(=O)N[C@@H](C)CC)S(C)(=O)=O)cc1. The lowest BCUT2D eigenvalue weighted by Gasteiger charge is -2.33. The van der Waals surface area contributed by atoms with Gasteiger partial charge in [0.15, 0.2) is 0 Å². The van der Waals surface area contributed by atoms with E-state index in [9.17, 15) is 18.0 Å². The van der Waals surface area contributed by atoms with Crippen LogP contribution >= 0.6 is 0 Å². The fourth-order valence-electron chi connectivity index (χ4n) is 3.85. The number of carbonyl (C=O) groups excluding carboxylic acids is 2. The van der Waals surface area contributed by atoms with E-state index < -0.39 is 22.0 Å². The summed E-state index contributed by atoms with van der Waals surface area (Å²) in [5.41, 5.74) is 2.54. The maximum atomic E-state index is 13.6. The Morgan fingerprint density at radius 1 is 0.914 bits per heavy atom. The molecule has 0 radical (unpaired) electrons. The van der Waals surface area contributed by atoms with E-state index in [1.807, 2.05) is 70.2 Å². The van der Waals surface area contributed by atoms with E-state index in [0.717, 1.165) is 34.5 Å². The molecule has 8 heteroatoms. The van der Waals surface area contributed by atoms with Gasteiger partial charge in [-0.3, -0.25) is 13.9 Å². The van der Waals surface area contributed by atoms with Gasteiger partial charge in [-0.2, -0.15) is 0 Å². The molecule has 0 aliphatic heterocycles. The molecule has 0 saturated heterocycles. The van der Waals surface area contributed by atoms with E-state index in [0.29, 0.717) is 25.1 Å². The highest BCUT2D eigenvalue weighted by molar-refractivity contribution is 7.92. The van der Waals surface area contributed by atoms with E-state index >= 15 is 0 Å². The van der Waals surface area contributed by atoms with E-state index in [2.05, 4.69) is 5.32 Å². The third-order valence-corrected chi connectivity index (χ3v) is 7.32. The van der Waals surface area contributed by atoms with Crippen molar-refractivity contribution >= 4 is 27.5 Å². The van der Waals surface area contributed by atoms with Gasteiger partial charge < -0.3 is 10.2 Å². The minimum atomic E-state index is -3.72. The first-order valence-electron chi connectivity index (χ1n) is 12.3. The van der Waals surface area contributed by atoms with Crippen LogP contribution in [0.4, 0.5) is 5.69 Å². The summed E-state index contributed by atoms with van der Waals surface area (Å²) in [7, 11) is -3.72. The standard InChI is InChI=1S/C27H39N3O4S/c1-6-21(4)28-27(32)25(8-3)29(19-18-23-12-10-9-11-13-23)26(31)20-30(35(5,33)34)24-16-14-22(7-2)15-17-24/h9-17,21,25H,6-8,18-20H2,1-5H3,(H,28,32)/t21-,25-/m0/s1. The average molecular weight is 502 g/mol. The second-order valence-electron chi connectivity index (χ2n) is 8.85. The Morgan fingerprint density at radius 3 is 2.06 bits per heavy atom. The predicted octanol–water partition coefficient (Wildman–Crippen LogP) is 3.78. The van der Waals surface area contributed by atoms with Crippen molar-refractivity contribution in [1.82, 2.24) is 10.2 Å². The molecule has 0 aromatic heterocycles. The molecule has 0 fully saturated rings. The second kappa shape index (κ2) is 13.3. The van der Waals surface area contributed by atoms with Crippen molar-refractivity contribution in [3.8, 4) is 0 Å². The largest absolute Gasteiger partial charge is 0.352 e. The van der Waals surface area contributed by atoms with Gasteiger partial charge in [0.1, 0.15) is 12.6 Å². The van der Waals surface area contributed by atoms with Crippen LogP contribution in [0.5, 0.6) is 0 Å². The quantitative estimate of drug-likeness (QED) is 0.453. The van der Waals surface area contributed by atoms with Gasteiger partial charge in [-0.1, -0.05) is 63.2 Å². The maximum Gasteiger partial charge on any atom is 0.244 e. The molecule has 0 unspecified atom stereocenters. The van der Waals surface area contributed by atoms with E-state index in [1.165, 1.54) is 4.90 Å². The number of nitrogens with one attached hydrogen (secondary N) is 1. The van der Waals surface area contributed by atoms with Crippen molar-refractivity contribution in [3.05, 3.63) is 65.7 Å². The first kappa shape index (κ1) is 28.4. The van der Waals surface area contributed by atoms with Gasteiger partial charge in [0, 0.05) is 12.6 Å². The van der Waals surface area contributed by atoms with Crippen molar-refractivity contribution in [2.75, 3.05) is 23.7 Å². The lowest BCUT2D eigenvalue weighted by atomic mass is 10.1. The van der Waals surface area contributed by atoms with Gasteiger partial charge in [0.25, 0.3) is 0 Å². The van der Waals surface area contributed by atoms with Crippen LogP contribution < -0.4 is 9.62 Å². The normalized spacial score (nSPS) is 13.1. The number of benzene rings is 2. The van der Waals surface area contributed by atoms with E-state index in [-0.39, 0.29) is 18.5 Å². The molecule has 0 heterocycles. The molecule has 0 aliphatic rings. The van der Waals surface area contributed by atoms with Gasteiger partial charge >= 0.3 is 0 Å². The highest BCUT2D eigenvalue weighted by Gasteiger charge is 2.31. The molecule has 0 aliphatic carbocycles. The highest BCUT2D eigenvalue weighted by atomic mass is 32.2. The molecule has 2 aromatic rings. The Labute approximate surface area is 210 Å². The van der Waals surface area contributed by atoms with E-state index in [4.69, 9.17) is 0 Å². The first-order chi connectivity index (χ1) is 16.6. The number of rotatable bonds is 13. The summed E-state index contributed by atoms with van der Waals surface area (Å²) in [6.45, 7) is 7.73. The van der Waals surface area contributed by atoms with Crippen LogP contribution in [0, 0.1) is 0 Å². The van der Waals surface area contributed by atoms with Crippen molar-refractivity contribution in [2.45, 2.75) is 65.5 Å². The molecule has 0 saturated carbocycles. The molecular formula is C27H39N3O4S. The molecule has 192 valence electrons. The zero-order chi connectivity index (χ0) is 26.0. The Kier molecular flexibility index (Phi) is 10.8. The topological polar surface area (TPSA) is 86.8 Å². The number of carbonyl (C=O) groups is 2. The first-order valence-corrected chi connectivity index (χ1v) is 14.2. The van der Waals surface area contributed by atoms with Crippen LogP contribution in [0.25, 0.3) is 0 Å². The molecule has 1 N–H and O–H groups in total. The summed E-state index contributed by atoms with van der Waals surface area (Å²) in [6.07, 6.45) is 3.68. The Morgan fingerprint density at radius 2 is 1.54 bits per heavy atom. The number of amides is 2. The van der Waals surface area contributed by atoms with Gasteiger partial charge in [0.2, 0.25) is 21.8 Å². The minimum absolute atomic E-state index is 0.0211. The average Bonchev–Trinajstić information content (AvgIpc) is 2.84. The number of sulfonamides is 1. The molecule has 2 atom stereocenters. The molecule has 0 bridgehead atoms. The minimum Gasteiger partial charge on any atom is -0.352 e. The van der Waals surface area contributed by atoms with Crippen LogP contribution in [0.2, 0.25) is 0 Å². The summed E-state index contributed by atoms with van der Waals surface area (Å²) in [5.74, 6) is -0.626.